The molecule has 2 heterocycles. The zero-order valence-electron chi connectivity index (χ0n) is 14.6. The minimum atomic E-state index is 0.535. The third-order valence-corrected chi connectivity index (χ3v) is 4.23. The van der Waals surface area contributed by atoms with Gasteiger partial charge >= 0.3 is 0 Å². The number of imidazole rings is 1. The van der Waals surface area contributed by atoms with Gasteiger partial charge in [0, 0.05) is 18.7 Å². The standard InChI is InChI=1S/C20H21N5O/c1-2-26-15-9-7-14(8-10-15)18-13-23-20-19(22-12-11-21)24-16-5-3-4-6-17(16)25(18)20/h3-10,13H,2,11-12,21H2,1H3,(H,22,24). The number of nitrogens with one attached hydrogen (secondary N) is 1. The van der Waals surface area contributed by atoms with E-state index >= 15 is 0 Å². The van der Waals surface area contributed by atoms with Crippen LogP contribution in [0.3, 0.4) is 0 Å². The Morgan fingerprint density at radius 2 is 1.92 bits per heavy atom. The summed E-state index contributed by atoms with van der Waals surface area (Å²) in [7, 11) is 0. The lowest BCUT2D eigenvalue weighted by atomic mass is 10.1. The van der Waals surface area contributed by atoms with Crippen LogP contribution in [0.15, 0.2) is 54.7 Å². The van der Waals surface area contributed by atoms with Crippen LogP contribution in [0.25, 0.3) is 27.9 Å². The van der Waals surface area contributed by atoms with Crippen molar-refractivity contribution in [3.63, 3.8) is 0 Å². The Balaban J connectivity index is 1.91. The van der Waals surface area contributed by atoms with Crippen molar-refractivity contribution < 1.29 is 4.74 Å². The predicted octanol–water partition coefficient (Wildman–Crippen LogP) is 3.32. The molecule has 6 heteroatoms. The first-order chi connectivity index (χ1) is 12.8. The van der Waals surface area contributed by atoms with Crippen molar-refractivity contribution in [2.45, 2.75) is 6.92 Å². The molecule has 0 spiro atoms. The predicted molar refractivity (Wildman–Crippen MR) is 105 cm³/mol. The zero-order chi connectivity index (χ0) is 17.9. The molecule has 26 heavy (non-hydrogen) atoms. The van der Waals surface area contributed by atoms with E-state index in [1.807, 2.05) is 43.5 Å². The number of nitrogens with two attached hydrogens (primary N) is 1. The highest BCUT2D eigenvalue weighted by molar-refractivity contribution is 5.86. The number of rotatable bonds is 6. The Labute approximate surface area is 151 Å². The SMILES string of the molecule is CCOc1ccc(-c2cnc3c(NCCN)nc4ccccc4n23)cc1. The van der Waals surface area contributed by atoms with Gasteiger partial charge < -0.3 is 15.8 Å². The normalized spacial score (nSPS) is 11.2. The van der Waals surface area contributed by atoms with Crippen LogP contribution in [0.4, 0.5) is 5.82 Å². The molecular weight excluding hydrogens is 326 g/mol. The molecule has 0 fully saturated rings. The van der Waals surface area contributed by atoms with Gasteiger partial charge in [0.05, 0.1) is 29.5 Å². The molecule has 0 radical (unpaired) electrons. The van der Waals surface area contributed by atoms with E-state index in [0.717, 1.165) is 39.5 Å². The fourth-order valence-corrected chi connectivity index (χ4v) is 3.08. The maximum Gasteiger partial charge on any atom is 0.181 e. The van der Waals surface area contributed by atoms with Crippen LogP contribution >= 0.6 is 0 Å². The summed E-state index contributed by atoms with van der Waals surface area (Å²) >= 11 is 0. The van der Waals surface area contributed by atoms with E-state index in [2.05, 4.69) is 32.9 Å². The summed E-state index contributed by atoms with van der Waals surface area (Å²) < 4.78 is 7.68. The highest BCUT2D eigenvalue weighted by Gasteiger charge is 2.14. The van der Waals surface area contributed by atoms with Gasteiger partial charge in [0.2, 0.25) is 0 Å². The Kier molecular flexibility index (Phi) is 4.41. The monoisotopic (exact) mass is 347 g/mol. The topological polar surface area (TPSA) is 77.5 Å². The van der Waals surface area contributed by atoms with Crippen LogP contribution in [0.2, 0.25) is 0 Å². The first-order valence-corrected chi connectivity index (χ1v) is 8.75. The largest absolute Gasteiger partial charge is 0.494 e. The molecule has 4 rings (SSSR count). The summed E-state index contributed by atoms with van der Waals surface area (Å²) in [5.41, 5.74) is 10.4. The van der Waals surface area contributed by atoms with Gasteiger partial charge in [-0.15, -0.1) is 0 Å². The second-order valence-corrected chi connectivity index (χ2v) is 5.92. The summed E-state index contributed by atoms with van der Waals surface area (Å²) in [6, 6.07) is 16.1. The maximum atomic E-state index is 5.64. The van der Waals surface area contributed by atoms with E-state index in [4.69, 9.17) is 15.5 Å². The maximum absolute atomic E-state index is 5.64. The molecule has 0 aliphatic rings. The summed E-state index contributed by atoms with van der Waals surface area (Å²) in [6.45, 7) is 3.81. The van der Waals surface area contributed by atoms with Crippen LogP contribution in [0.5, 0.6) is 5.75 Å². The van der Waals surface area contributed by atoms with Crippen molar-refractivity contribution in [3.8, 4) is 17.0 Å². The number of nitrogens with zero attached hydrogens (tertiary/aromatic N) is 3. The summed E-state index contributed by atoms with van der Waals surface area (Å²) in [5.74, 6) is 1.60. The lowest BCUT2D eigenvalue weighted by Crippen LogP contribution is -2.15. The smallest absolute Gasteiger partial charge is 0.181 e. The molecule has 2 aromatic carbocycles. The van der Waals surface area contributed by atoms with E-state index in [0.29, 0.717) is 19.7 Å². The number of benzene rings is 2. The average molecular weight is 347 g/mol. The molecule has 6 nitrogen and oxygen atoms in total. The van der Waals surface area contributed by atoms with Crippen molar-refractivity contribution in [1.29, 1.82) is 0 Å². The van der Waals surface area contributed by atoms with Gasteiger partial charge in [-0.1, -0.05) is 12.1 Å². The van der Waals surface area contributed by atoms with Gasteiger partial charge in [-0.3, -0.25) is 4.40 Å². The Bertz CT molecular complexity index is 1040. The minimum absolute atomic E-state index is 0.535. The molecule has 0 aliphatic heterocycles. The van der Waals surface area contributed by atoms with Crippen molar-refractivity contribution >= 4 is 22.5 Å². The van der Waals surface area contributed by atoms with Gasteiger partial charge in [-0.2, -0.15) is 0 Å². The summed E-state index contributed by atoms with van der Waals surface area (Å²) in [5, 5.41) is 3.28. The summed E-state index contributed by atoms with van der Waals surface area (Å²) in [4.78, 5) is 9.34. The fourth-order valence-electron chi connectivity index (χ4n) is 3.08. The van der Waals surface area contributed by atoms with Gasteiger partial charge in [0.15, 0.2) is 11.5 Å². The number of hydrogen-bond donors (Lipinski definition) is 2. The molecule has 0 amide bonds. The minimum Gasteiger partial charge on any atom is -0.494 e. The van der Waals surface area contributed by atoms with Crippen molar-refractivity contribution in [2.24, 2.45) is 5.73 Å². The van der Waals surface area contributed by atoms with Crippen molar-refractivity contribution in [2.75, 3.05) is 25.0 Å². The Morgan fingerprint density at radius 1 is 1.12 bits per heavy atom. The van der Waals surface area contributed by atoms with Crippen LogP contribution in [-0.4, -0.2) is 34.1 Å². The second kappa shape index (κ2) is 7.01. The van der Waals surface area contributed by atoms with Crippen LogP contribution in [0, 0.1) is 0 Å². The second-order valence-electron chi connectivity index (χ2n) is 5.92. The first-order valence-electron chi connectivity index (χ1n) is 8.75. The van der Waals surface area contributed by atoms with E-state index in [9.17, 15) is 0 Å². The number of aromatic nitrogens is 3. The Morgan fingerprint density at radius 3 is 2.69 bits per heavy atom. The number of fused-ring (bicyclic) bond motifs is 3. The molecule has 0 bridgehead atoms. The molecule has 0 aliphatic carbocycles. The number of para-hydroxylation sites is 2. The molecule has 0 atom stereocenters. The van der Waals surface area contributed by atoms with Gasteiger partial charge in [0.1, 0.15) is 5.75 Å². The van der Waals surface area contributed by atoms with Crippen LogP contribution in [0.1, 0.15) is 6.92 Å². The lowest BCUT2D eigenvalue weighted by Gasteiger charge is -2.11. The van der Waals surface area contributed by atoms with E-state index in [-0.39, 0.29) is 0 Å². The van der Waals surface area contributed by atoms with E-state index < -0.39 is 0 Å². The molecule has 2 aromatic heterocycles. The number of anilines is 1. The van der Waals surface area contributed by atoms with Crippen molar-refractivity contribution in [1.82, 2.24) is 14.4 Å². The molecule has 132 valence electrons. The van der Waals surface area contributed by atoms with Crippen LogP contribution in [-0.2, 0) is 0 Å². The molecule has 3 N–H and O–H groups in total. The van der Waals surface area contributed by atoms with Gasteiger partial charge in [0.25, 0.3) is 0 Å². The van der Waals surface area contributed by atoms with E-state index in [1.165, 1.54) is 0 Å². The third kappa shape index (κ3) is 2.84. The first kappa shape index (κ1) is 16.4. The Hall–Kier alpha value is -3.12. The number of hydrogen-bond acceptors (Lipinski definition) is 5. The highest BCUT2D eigenvalue weighted by atomic mass is 16.5. The fraction of sp³-hybridized carbons (Fsp3) is 0.200. The molecule has 0 saturated heterocycles. The van der Waals surface area contributed by atoms with E-state index in [1.54, 1.807) is 0 Å². The van der Waals surface area contributed by atoms with Crippen molar-refractivity contribution in [3.05, 3.63) is 54.7 Å². The average Bonchev–Trinajstić information content (AvgIpc) is 3.12. The quantitative estimate of drug-likeness (QED) is 0.559. The summed E-state index contributed by atoms with van der Waals surface area (Å²) in [6.07, 6.45) is 1.88. The van der Waals surface area contributed by atoms with Gasteiger partial charge in [-0.05, 0) is 43.3 Å². The highest BCUT2D eigenvalue weighted by Crippen LogP contribution is 2.29. The van der Waals surface area contributed by atoms with Crippen LogP contribution < -0.4 is 15.8 Å². The molecule has 4 aromatic rings. The molecule has 0 unspecified atom stereocenters. The molecule has 0 saturated carbocycles. The third-order valence-electron chi connectivity index (χ3n) is 4.23. The zero-order valence-corrected chi connectivity index (χ0v) is 14.6. The lowest BCUT2D eigenvalue weighted by molar-refractivity contribution is 0.340. The molecular formula is C20H21N5O. The van der Waals surface area contributed by atoms with Gasteiger partial charge in [-0.25, -0.2) is 9.97 Å². The number of ether oxygens (including phenoxy) is 1.